The molecule has 0 spiro atoms. The van der Waals surface area contributed by atoms with Crippen LogP contribution in [0.15, 0.2) is 23.0 Å². The highest BCUT2D eigenvalue weighted by Crippen LogP contribution is 2.36. The molecule has 7 N–H and O–H groups in total. The van der Waals surface area contributed by atoms with Crippen molar-refractivity contribution in [3.05, 3.63) is 34.5 Å². The number of hydrogen-bond acceptors (Lipinski definition) is 6. The molecule has 0 saturated carbocycles. The molecule has 1 aromatic rings. The average Bonchev–Trinajstić information content (AvgIpc) is 3.12. The first-order valence-corrected chi connectivity index (χ1v) is 10.6. The Hall–Kier alpha value is -2.33. The maximum absolute atomic E-state index is 11.2. The van der Waals surface area contributed by atoms with Crippen LogP contribution >= 0.6 is 0 Å². The molecule has 2 aliphatic rings. The number of nitrogens with zero attached hydrogens (tertiary/aromatic N) is 2. The number of amidine groups is 1. The lowest BCUT2D eigenvalue weighted by Crippen LogP contribution is -2.19. The van der Waals surface area contributed by atoms with Crippen LogP contribution in [0.3, 0.4) is 0 Å². The van der Waals surface area contributed by atoms with Crippen molar-refractivity contribution in [3.8, 4) is 0 Å². The highest BCUT2D eigenvalue weighted by molar-refractivity contribution is 7.89. The van der Waals surface area contributed by atoms with E-state index in [0.29, 0.717) is 31.1 Å². The Morgan fingerprint density at radius 2 is 2.22 bits per heavy atom. The minimum absolute atomic E-state index is 0.150. The molecule has 1 aliphatic carbocycles. The zero-order valence-electron chi connectivity index (χ0n) is 15.4. The van der Waals surface area contributed by atoms with E-state index in [-0.39, 0.29) is 23.1 Å². The van der Waals surface area contributed by atoms with E-state index in [4.69, 9.17) is 26.8 Å². The molecule has 0 bridgehead atoms. The van der Waals surface area contributed by atoms with Gasteiger partial charge in [0.25, 0.3) is 0 Å². The Balaban J connectivity index is 1.87. The lowest BCUT2D eigenvalue weighted by Gasteiger charge is -2.22. The summed E-state index contributed by atoms with van der Waals surface area (Å²) < 4.78 is 29.8. The standard InChI is InChI=1S/C17H26N6O3S/c1-10-7-11-3-5-26-13(11)8-12(10)9-14-22-15(16(18)19)17(20)23(14)4-2-6-27(21,24)25/h8,10H,2-7,9,20H2,1H3,(H3,18,19)(H2,21,24,25). The van der Waals surface area contributed by atoms with Gasteiger partial charge in [-0.2, -0.15) is 0 Å². The summed E-state index contributed by atoms with van der Waals surface area (Å²) in [5.41, 5.74) is 14.5. The van der Waals surface area contributed by atoms with Gasteiger partial charge in [-0.25, -0.2) is 18.5 Å². The molecule has 0 fully saturated rings. The third kappa shape index (κ3) is 4.33. The van der Waals surface area contributed by atoms with Crippen LogP contribution in [-0.2, 0) is 27.7 Å². The van der Waals surface area contributed by atoms with Crippen LogP contribution in [0.1, 0.15) is 37.7 Å². The SMILES string of the molecule is CC1CC2=C(C=C1Cc1nc(C(=N)N)c(N)n1CCCS(N)(=O)=O)OCC2. The van der Waals surface area contributed by atoms with Crippen molar-refractivity contribution in [1.29, 1.82) is 5.41 Å². The first-order chi connectivity index (χ1) is 12.7. The summed E-state index contributed by atoms with van der Waals surface area (Å²) >= 11 is 0. The molecule has 0 aromatic carbocycles. The highest BCUT2D eigenvalue weighted by atomic mass is 32.2. The van der Waals surface area contributed by atoms with Crippen molar-refractivity contribution >= 4 is 21.7 Å². The summed E-state index contributed by atoms with van der Waals surface area (Å²) in [6.45, 7) is 3.23. The average molecular weight is 395 g/mol. The van der Waals surface area contributed by atoms with Crippen LogP contribution in [0.5, 0.6) is 0 Å². The van der Waals surface area contributed by atoms with Gasteiger partial charge in [-0.3, -0.25) is 5.41 Å². The monoisotopic (exact) mass is 394 g/mol. The fourth-order valence-corrected chi connectivity index (χ4v) is 4.13. The Bertz CT molecular complexity index is 929. The molecule has 1 aliphatic heterocycles. The van der Waals surface area contributed by atoms with Crippen molar-refractivity contribution < 1.29 is 13.2 Å². The molecule has 0 radical (unpaired) electrons. The number of rotatable bonds is 7. The summed E-state index contributed by atoms with van der Waals surface area (Å²) in [7, 11) is -3.55. The number of sulfonamides is 1. The molecular weight excluding hydrogens is 368 g/mol. The van der Waals surface area contributed by atoms with Gasteiger partial charge in [0.05, 0.1) is 12.4 Å². The summed E-state index contributed by atoms with van der Waals surface area (Å²) in [5.74, 6) is 1.87. The van der Waals surface area contributed by atoms with Gasteiger partial charge in [-0.1, -0.05) is 12.5 Å². The van der Waals surface area contributed by atoms with Gasteiger partial charge in [0.2, 0.25) is 10.0 Å². The number of nitrogens with one attached hydrogen (secondary N) is 1. The van der Waals surface area contributed by atoms with Crippen LogP contribution in [0, 0.1) is 11.3 Å². The molecule has 1 atom stereocenters. The highest BCUT2D eigenvalue weighted by Gasteiger charge is 2.26. The van der Waals surface area contributed by atoms with E-state index in [1.807, 2.05) is 0 Å². The predicted molar refractivity (Wildman–Crippen MR) is 103 cm³/mol. The molecule has 9 nitrogen and oxygen atoms in total. The van der Waals surface area contributed by atoms with Crippen molar-refractivity contribution in [3.63, 3.8) is 0 Å². The molecule has 0 saturated heterocycles. The number of primary sulfonamides is 1. The van der Waals surface area contributed by atoms with E-state index in [9.17, 15) is 8.42 Å². The molecule has 1 aromatic heterocycles. The Labute approximate surface area is 158 Å². The zero-order valence-corrected chi connectivity index (χ0v) is 16.2. The van der Waals surface area contributed by atoms with Crippen LogP contribution < -0.4 is 16.6 Å². The number of nitrogens with two attached hydrogens (primary N) is 3. The Kier molecular flexibility index (Phi) is 5.29. The molecule has 148 valence electrons. The Morgan fingerprint density at radius 1 is 1.48 bits per heavy atom. The van der Waals surface area contributed by atoms with E-state index in [1.54, 1.807) is 4.57 Å². The van der Waals surface area contributed by atoms with Crippen LogP contribution in [-0.4, -0.2) is 36.2 Å². The van der Waals surface area contributed by atoms with Gasteiger partial charge < -0.3 is 20.8 Å². The maximum atomic E-state index is 11.2. The van der Waals surface area contributed by atoms with E-state index < -0.39 is 10.0 Å². The number of ether oxygens (including phenoxy) is 1. The van der Waals surface area contributed by atoms with Gasteiger partial charge in [0, 0.05) is 19.4 Å². The minimum atomic E-state index is -3.55. The quantitative estimate of drug-likeness (QED) is 0.391. The normalized spacial score (nSPS) is 19.6. The summed E-state index contributed by atoms with van der Waals surface area (Å²) in [6.07, 6.45) is 4.85. The number of aromatic nitrogens is 2. The largest absolute Gasteiger partial charge is 0.493 e. The second kappa shape index (κ2) is 7.35. The third-order valence-corrected chi connectivity index (χ3v) is 5.88. The van der Waals surface area contributed by atoms with Crippen molar-refractivity contribution in [1.82, 2.24) is 9.55 Å². The smallest absolute Gasteiger partial charge is 0.209 e. The Morgan fingerprint density at radius 3 is 2.89 bits per heavy atom. The van der Waals surface area contributed by atoms with Gasteiger partial charge in [0.1, 0.15) is 28.9 Å². The minimum Gasteiger partial charge on any atom is -0.493 e. The number of imidazole rings is 1. The lowest BCUT2D eigenvalue weighted by molar-refractivity contribution is 0.256. The summed E-state index contributed by atoms with van der Waals surface area (Å²) in [5, 5.41) is 12.8. The van der Waals surface area contributed by atoms with Crippen molar-refractivity contribution in [2.45, 2.75) is 39.2 Å². The van der Waals surface area contributed by atoms with Crippen LogP contribution in [0.4, 0.5) is 5.82 Å². The van der Waals surface area contributed by atoms with Gasteiger partial charge in [0.15, 0.2) is 0 Å². The zero-order chi connectivity index (χ0) is 19.8. The second-order valence-electron chi connectivity index (χ2n) is 7.12. The molecule has 3 rings (SSSR count). The lowest BCUT2D eigenvalue weighted by atomic mass is 9.85. The molecule has 10 heteroatoms. The molecule has 1 unspecified atom stereocenters. The number of anilines is 1. The summed E-state index contributed by atoms with van der Waals surface area (Å²) in [6, 6.07) is 0. The first-order valence-electron chi connectivity index (χ1n) is 8.90. The second-order valence-corrected chi connectivity index (χ2v) is 8.85. The van der Waals surface area contributed by atoms with E-state index in [1.165, 1.54) is 11.1 Å². The van der Waals surface area contributed by atoms with Gasteiger partial charge in [-0.05, 0) is 30.4 Å². The van der Waals surface area contributed by atoms with Crippen LogP contribution in [0.2, 0.25) is 0 Å². The van der Waals surface area contributed by atoms with E-state index in [0.717, 1.165) is 25.2 Å². The topological polar surface area (TPSA) is 163 Å². The van der Waals surface area contributed by atoms with Gasteiger partial charge >= 0.3 is 0 Å². The molecular formula is C17H26N6O3S. The number of nitrogen functional groups attached to an aromatic ring is 2. The fourth-order valence-electron chi connectivity index (χ4n) is 3.60. The molecule has 2 heterocycles. The van der Waals surface area contributed by atoms with Crippen LogP contribution in [0.25, 0.3) is 0 Å². The third-order valence-electron chi connectivity index (χ3n) is 5.03. The van der Waals surface area contributed by atoms with Gasteiger partial charge in [-0.15, -0.1) is 0 Å². The molecule has 0 amide bonds. The van der Waals surface area contributed by atoms with Crippen molar-refractivity contribution in [2.24, 2.45) is 16.8 Å². The molecule has 27 heavy (non-hydrogen) atoms. The fraction of sp³-hybridized carbons (Fsp3) is 0.529. The first kappa shape index (κ1) is 19.4. The van der Waals surface area contributed by atoms with E-state index in [2.05, 4.69) is 18.0 Å². The maximum Gasteiger partial charge on any atom is 0.209 e. The van der Waals surface area contributed by atoms with Crippen molar-refractivity contribution in [2.75, 3.05) is 18.1 Å². The number of allylic oxidation sites excluding steroid dienone is 2. The number of hydrogen-bond donors (Lipinski definition) is 4. The summed E-state index contributed by atoms with van der Waals surface area (Å²) in [4.78, 5) is 4.45. The predicted octanol–water partition coefficient (Wildman–Crippen LogP) is 0.611. The van der Waals surface area contributed by atoms with E-state index >= 15 is 0 Å².